The molecular formula is C10H20Cl2O. The SMILES string of the molecule is CC(CCCC(C)(C)O)C(Cl)CCl. The lowest BCUT2D eigenvalue weighted by Crippen LogP contribution is -2.19. The van der Waals surface area contributed by atoms with E-state index in [1.165, 1.54) is 0 Å². The number of aliphatic hydroxyl groups is 1. The Hall–Kier alpha value is 0.540. The van der Waals surface area contributed by atoms with E-state index in [2.05, 4.69) is 6.92 Å². The van der Waals surface area contributed by atoms with Gasteiger partial charge in [-0.1, -0.05) is 13.3 Å². The predicted octanol–water partition coefficient (Wildman–Crippen LogP) is 3.41. The molecule has 0 fully saturated rings. The van der Waals surface area contributed by atoms with E-state index >= 15 is 0 Å². The van der Waals surface area contributed by atoms with Crippen molar-refractivity contribution in [2.45, 2.75) is 51.0 Å². The summed E-state index contributed by atoms with van der Waals surface area (Å²) in [6.45, 7) is 5.76. The fraction of sp³-hybridized carbons (Fsp3) is 1.00. The fourth-order valence-electron chi connectivity index (χ4n) is 1.19. The Labute approximate surface area is 91.4 Å². The molecule has 0 aromatic rings. The molecule has 1 N–H and O–H groups in total. The van der Waals surface area contributed by atoms with Crippen molar-refractivity contribution in [2.75, 3.05) is 5.88 Å². The first-order valence-corrected chi connectivity index (χ1v) is 5.76. The molecule has 0 saturated carbocycles. The smallest absolute Gasteiger partial charge is 0.0591 e. The quantitative estimate of drug-likeness (QED) is 0.689. The number of halogens is 2. The first-order chi connectivity index (χ1) is 5.87. The van der Waals surface area contributed by atoms with Crippen molar-refractivity contribution in [2.24, 2.45) is 5.92 Å². The van der Waals surface area contributed by atoms with E-state index in [4.69, 9.17) is 23.2 Å². The molecule has 0 saturated heterocycles. The van der Waals surface area contributed by atoms with Gasteiger partial charge in [-0.25, -0.2) is 0 Å². The van der Waals surface area contributed by atoms with Gasteiger partial charge in [0.2, 0.25) is 0 Å². The molecule has 0 radical (unpaired) electrons. The molecule has 0 bridgehead atoms. The third-order valence-electron chi connectivity index (χ3n) is 2.21. The van der Waals surface area contributed by atoms with Gasteiger partial charge in [0.05, 0.1) is 5.60 Å². The first kappa shape index (κ1) is 13.5. The van der Waals surface area contributed by atoms with Gasteiger partial charge in [0.1, 0.15) is 0 Å². The lowest BCUT2D eigenvalue weighted by molar-refractivity contribution is 0.0670. The van der Waals surface area contributed by atoms with Gasteiger partial charge >= 0.3 is 0 Å². The predicted molar refractivity (Wildman–Crippen MR) is 59.7 cm³/mol. The zero-order chi connectivity index (χ0) is 10.5. The van der Waals surface area contributed by atoms with Gasteiger partial charge in [-0.3, -0.25) is 0 Å². The standard InChI is InChI=1S/C10H20Cl2O/c1-8(9(12)7-11)5-4-6-10(2,3)13/h8-9,13H,4-7H2,1-3H3. The number of rotatable bonds is 6. The molecule has 3 heteroatoms. The number of alkyl halides is 2. The fourth-order valence-corrected chi connectivity index (χ4v) is 1.62. The van der Waals surface area contributed by atoms with Crippen LogP contribution in [0.5, 0.6) is 0 Å². The maximum absolute atomic E-state index is 9.47. The van der Waals surface area contributed by atoms with Crippen LogP contribution >= 0.6 is 23.2 Å². The second-order valence-electron chi connectivity index (χ2n) is 4.35. The highest BCUT2D eigenvalue weighted by Crippen LogP contribution is 2.21. The van der Waals surface area contributed by atoms with Crippen LogP contribution in [0.15, 0.2) is 0 Å². The maximum atomic E-state index is 9.47. The van der Waals surface area contributed by atoms with Crippen LogP contribution in [-0.4, -0.2) is 22.0 Å². The average Bonchev–Trinajstić information content (AvgIpc) is 2.00. The van der Waals surface area contributed by atoms with E-state index in [9.17, 15) is 5.11 Å². The van der Waals surface area contributed by atoms with Gasteiger partial charge in [-0.05, 0) is 32.6 Å². The van der Waals surface area contributed by atoms with Crippen molar-refractivity contribution in [3.63, 3.8) is 0 Å². The van der Waals surface area contributed by atoms with Crippen molar-refractivity contribution in [1.82, 2.24) is 0 Å². The highest BCUT2D eigenvalue weighted by molar-refractivity contribution is 6.28. The molecule has 0 heterocycles. The molecule has 13 heavy (non-hydrogen) atoms. The Morgan fingerprint density at radius 2 is 1.92 bits per heavy atom. The second-order valence-corrected chi connectivity index (χ2v) is 5.22. The lowest BCUT2D eigenvalue weighted by Gasteiger charge is -2.19. The van der Waals surface area contributed by atoms with Crippen LogP contribution in [0.2, 0.25) is 0 Å². The highest BCUT2D eigenvalue weighted by Gasteiger charge is 2.16. The molecule has 0 aromatic carbocycles. The Bertz CT molecular complexity index is 131. The van der Waals surface area contributed by atoms with E-state index in [-0.39, 0.29) is 5.38 Å². The minimum atomic E-state index is -0.553. The molecule has 0 aromatic heterocycles. The van der Waals surface area contributed by atoms with Crippen LogP contribution in [0, 0.1) is 5.92 Å². The molecule has 0 aliphatic rings. The van der Waals surface area contributed by atoms with Gasteiger partial charge < -0.3 is 5.11 Å². The molecule has 2 atom stereocenters. The zero-order valence-electron chi connectivity index (χ0n) is 8.69. The maximum Gasteiger partial charge on any atom is 0.0591 e. The first-order valence-electron chi connectivity index (χ1n) is 4.79. The summed E-state index contributed by atoms with van der Waals surface area (Å²) < 4.78 is 0. The molecule has 2 unspecified atom stereocenters. The van der Waals surface area contributed by atoms with Gasteiger partial charge in [0, 0.05) is 11.3 Å². The zero-order valence-corrected chi connectivity index (χ0v) is 10.2. The van der Waals surface area contributed by atoms with Crippen LogP contribution in [0.1, 0.15) is 40.0 Å². The molecule has 1 nitrogen and oxygen atoms in total. The molecule has 0 spiro atoms. The third kappa shape index (κ3) is 7.60. The minimum Gasteiger partial charge on any atom is -0.390 e. The summed E-state index contributed by atoms with van der Waals surface area (Å²) >= 11 is 11.6. The van der Waals surface area contributed by atoms with Crippen molar-refractivity contribution in [3.05, 3.63) is 0 Å². The van der Waals surface area contributed by atoms with Crippen LogP contribution < -0.4 is 0 Å². The van der Waals surface area contributed by atoms with Crippen LogP contribution in [0.3, 0.4) is 0 Å². The van der Waals surface area contributed by atoms with Gasteiger partial charge in [-0.2, -0.15) is 0 Å². The summed E-state index contributed by atoms with van der Waals surface area (Å²) in [5.74, 6) is 0.937. The molecule has 0 aliphatic heterocycles. The van der Waals surface area contributed by atoms with E-state index in [1.54, 1.807) is 0 Å². The van der Waals surface area contributed by atoms with Crippen LogP contribution in [0.4, 0.5) is 0 Å². The summed E-state index contributed by atoms with van der Waals surface area (Å²) in [6.07, 6.45) is 2.86. The van der Waals surface area contributed by atoms with Gasteiger partial charge in [-0.15, -0.1) is 23.2 Å². The molecule has 0 amide bonds. The van der Waals surface area contributed by atoms with Crippen LogP contribution in [0.25, 0.3) is 0 Å². The summed E-state index contributed by atoms with van der Waals surface area (Å²) in [5, 5.41) is 9.53. The highest BCUT2D eigenvalue weighted by atomic mass is 35.5. The van der Waals surface area contributed by atoms with Crippen molar-refractivity contribution >= 4 is 23.2 Å². The average molecular weight is 227 g/mol. The largest absolute Gasteiger partial charge is 0.390 e. The Kier molecular flexibility index (Phi) is 6.36. The number of hydrogen-bond donors (Lipinski definition) is 1. The summed E-state index contributed by atoms with van der Waals surface area (Å²) in [4.78, 5) is 0. The second kappa shape index (κ2) is 6.10. The summed E-state index contributed by atoms with van der Waals surface area (Å²) in [6, 6.07) is 0. The Morgan fingerprint density at radius 1 is 1.38 bits per heavy atom. The monoisotopic (exact) mass is 226 g/mol. The van der Waals surface area contributed by atoms with Crippen molar-refractivity contribution < 1.29 is 5.11 Å². The lowest BCUT2D eigenvalue weighted by atomic mass is 9.95. The van der Waals surface area contributed by atoms with Gasteiger partial charge in [0.15, 0.2) is 0 Å². The topological polar surface area (TPSA) is 20.2 Å². The summed E-state index contributed by atoms with van der Waals surface area (Å²) in [5.41, 5.74) is -0.553. The molecule has 80 valence electrons. The third-order valence-corrected chi connectivity index (χ3v) is 3.29. The number of hydrogen-bond acceptors (Lipinski definition) is 1. The van der Waals surface area contributed by atoms with Crippen molar-refractivity contribution in [1.29, 1.82) is 0 Å². The minimum absolute atomic E-state index is 0.0588. The van der Waals surface area contributed by atoms with E-state index < -0.39 is 5.60 Å². The normalized spacial score (nSPS) is 17.1. The van der Waals surface area contributed by atoms with Crippen LogP contribution in [-0.2, 0) is 0 Å². The van der Waals surface area contributed by atoms with Gasteiger partial charge in [0.25, 0.3) is 0 Å². The summed E-state index contributed by atoms with van der Waals surface area (Å²) in [7, 11) is 0. The van der Waals surface area contributed by atoms with Crippen molar-refractivity contribution in [3.8, 4) is 0 Å². The van der Waals surface area contributed by atoms with E-state index in [1.807, 2.05) is 13.8 Å². The Morgan fingerprint density at radius 3 is 2.31 bits per heavy atom. The van der Waals surface area contributed by atoms with E-state index in [0.717, 1.165) is 19.3 Å². The molecule has 0 rings (SSSR count). The van der Waals surface area contributed by atoms with E-state index in [0.29, 0.717) is 11.8 Å². The molecular weight excluding hydrogens is 207 g/mol. The Balaban J connectivity index is 3.53. The molecule has 0 aliphatic carbocycles.